The molecular weight excluding hydrogens is 453 g/mol. The van der Waals surface area contributed by atoms with E-state index in [2.05, 4.69) is 5.32 Å². The molecule has 2 rings (SSSR count). The van der Waals surface area contributed by atoms with E-state index in [0.29, 0.717) is 22.8 Å². The maximum atomic E-state index is 12.2. The van der Waals surface area contributed by atoms with E-state index < -0.39 is 28.7 Å². The zero-order valence-electron chi connectivity index (χ0n) is 17.3. The molecule has 0 saturated heterocycles. The summed E-state index contributed by atoms with van der Waals surface area (Å²) >= 11 is 0. The monoisotopic (exact) mass is 474 g/mol. The fourth-order valence-corrected chi connectivity index (χ4v) is 3.52. The Balaban J connectivity index is 2.10. The second kappa shape index (κ2) is 10.4. The molecule has 2 aromatic rings. The van der Waals surface area contributed by atoms with Crippen LogP contribution in [0.3, 0.4) is 0 Å². The number of carbonyl (C=O) groups is 1. The Morgan fingerprint density at radius 1 is 0.969 bits per heavy atom. The summed E-state index contributed by atoms with van der Waals surface area (Å²) in [5.74, 6) is 0.787. The third-order valence-electron chi connectivity index (χ3n) is 4.04. The van der Waals surface area contributed by atoms with E-state index >= 15 is 0 Å². The van der Waals surface area contributed by atoms with Crippen LogP contribution in [0.4, 0.5) is 18.9 Å². The van der Waals surface area contributed by atoms with E-state index in [1.165, 1.54) is 50.3 Å². The standard InChI is InChI=1S/C20H21F3N2O6S/c1-29-16-11-18(31-3)17(30-2)10-13(16)4-9-19(26)25-14-5-7-15(8-6-14)32(27,28)24-12-20(21,22)23/h4-11,24H,12H2,1-3H3,(H,25,26)/b9-4+. The van der Waals surface area contributed by atoms with Crippen LogP contribution in [0.2, 0.25) is 0 Å². The van der Waals surface area contributed by atoms with Gasteiger partial charge in [0.15, 0.2) is 11.5 Å². The molecule has 0 aliphatic carbocycles. The van der Waals surface area contributed by atoms with Gasteiger partial charge in [0.2, 0.25) is 15.9 Å². The lowest BCUT2D eigenvalue weighted by atomic mass is 10.1. The first-order valence-corrected chi connectivity index (χ1v) is 10.4. The number of benzene rings is 2. The first-order chi connectivity index (χ1) is 15.0. The normalized spacial score (nSPS) is 11.9. The van der Waals surface area contributed by atoms with Crippen LogP contribution in [0, 0.1) is 0 Å². The molecule has 174 valence electrons. The molecule has 0 spiro atoms. The van der Waals surface area contributed by atoms with Gasteiger partial charge in [-0.25, -0.2) is 13.1 Å². The summed E-state index contributed by atoms with van der Waals surface area (Å²) in [6.45, 7) is -1.68. The molecule has 12 heteroatoms. The quantitative estimate of drug-likeness (QED) is 0.541. The number of carbonyl (C=O) groups excluding carboxylic acids is 1. The summed E-state index contributed by atoms with van der Waals surface area (Å²) in [7, 11) is 0.0591. The van der Waals surface area contributed by atoms with Crippen molar-refractivity contribution in [3.63, 3.8) is 0 Å². The number of anilines is 1. The SMILES string of the molecule is COc1cc(OC)c(OC)cc1/C=C/C(=O)Nc1ccc(S(=O)(=O)NCC(F)(F)F)cc1. The molecule has 0 fully saturated rings. The Morgan fingerprint density at radius 2 is 1.53 bits per heavy atom. The number of methoxy groups -OCH3 is 3. The third-order valence-corrected chi connectivity index (χ3v) is 5.46. The van der Waals surface area contributed by atoms with Crippen molar-refractivity contribution in [3.8, 4) is 17.2 Å². The molecule has 0 heterocycles. The number of sulfonamides is 1. The highest BCUT2D eigenvalue weighted by Gasteiger charge is 2.30. The highest BCUT2D eigenvalue weighted by atomic mass is 32.2. The van der Waals surface area contributed by atoms with Gasteiger partial charge in [-0.2, -0.15) is 13.2 Å². The number of rotatable bonds is 9. The van der Waals surface area contributed by atoms with Gasteiger partial charge in [0, 0.05) is 23.4 Å². The molecule has 0 radical (unpaired) electrons. The number of halogens is 3. The number of hydrogen-bond donors (Lipinski definition) is 2. The lowest BCUT2D eigenvalue weighted by Crippen LogP contribution is -2.33. The van der Waals surface area contributed by atoms with E-state index in [1.54, 1.807) is 12.1 Å². The Bertz CT molecular complexity index is 1080. The van der Waals surface area contributed by atoms with Gasteiger partial charge in [0.1, 0.15) is 12.3 Å². The maximum Gasteiger partial charge on any atom is 0.402 e. The predicted octanol–water partition coefficient (Wildman–Crippen LogP) is 3.20. The smallest absolute Gasteiger partial charge is 0.402 e. The molecule has 0 aromatic heterocycles. The molecule has 0 saturated carbocycles. The first kappa shape index (κ1) is 25.0. The van der Waals surface area contributed by atoms with Crippen LogP contribution < -0.4 is 24.2 Å². The predicted molar refractivity (Wildman–Crippen MR) is 111 cm³/mol. The Morgan fingerprint density at radius 3 is 2.06 bits per heavy atom. The molecule has 0 bridgehead atoms. The molecule has 1 amide bonds. The fraction of sp³-hybridized carbons (Fsp3) is 0.250. The van der Waals surface area contributed by atoms with Crippen molar-refractivity contribution in [1.82, 2.24) is 4.72 Å². The van der Waals surface area contributed by atoms with Crippen molar-refractivity contribution >= 4 is 27.7 Å². The summed E-state index contributed by atoms with van der Waals surface area (Å²) in [6.07, 6.45) is -1.97. The minimum atomic E-state index is -4.68. The Kier molecular flexibility index (Phi) is 8.11. The first-order valence-electron chi connectivity index (χ1n) is 8.94. The highest BCUT2D eigenvalue weighted by Crippen LogP contribution is 2.35. The van der Waals surface area contributed by atoms with Crippen molar-refractivity contribution in [2.24, 2.45) is 0 Å². The van der Waals surface area contributed by atoms with Crippen molar-refractivity contribution in [2.45, 2.75) is 11.1 Å². The van der Waals surface area contributed by atoms with Crippen LogP contribution in [0.5, 0.6) is 17.2 Å². The number of hydrogen-bond acceptors (Lipinski definition) is 6. The van der Waals surface area contributed by atoms with Gasteiger partial charge in [-0.05, 0) is 36.4 Å². The second-order valence-electron chi connectivity index (χ2n) is 6.24. The van der Waals surface area contributed by atoms with E-state index in [1.807, 2.05) is 0 Å². The zero-order valence-corrected chi connectivity index (χ0v) is 18.1. The summed E-state index contributed by atoms with van der Waals surface area (Å²) in [5.41, 5.74) is 0.783. The van der Waals surface area contributed by atoms with E-state index in [-0.39, 0.29) is 10.6 Å². The molecule has 0 aliphatic heterocycles. The van der Waals surface area contributed by atoms with Crippen LogP contribution >= 0.6 is 0 Å². The lowest BCUT2D eigenvalue weighted by molar-refractivity contribution is -0.121. The average molecular weight is 474 g/mol. The molecule has 32 heavy (non-hydrogen) atoms. The Hall–Kier alpha value is -3.25. The van der Waals surface area contributed by atoms with Gasteiger partial charge >= 0.3 is 6.18 Å². The topological polar surface area (TPSA) is 103 Å². The van der Waals surface area contributed by atoms with Crippen LogP contribution in [0.15, 0.2) is 47.4 Å². The van der Waals surface area contributed by atoms with Crippen molar-refractivity contribution < 1.29 is 40.6 Å². The van der Waals surface area contributed by atoms with Crippen LogP contribution in [0.25, 0.3) is 6.08 Å². The molecular formula is C20H21F3N2O6S. The highest BCUT2D eigenvalue weighted by molar-refractivity contribution is 7.89. The summed E-state index contributed by atoms with van der Waals surface area (Å²) in [5, 5.41) is 2.52. The molecule has 8 nitrogen and oxygen atoms in total. The van der Waals surface area contributed by atoms with Gasteiger partial charge in [-0.3, -0.25) is 4.79 Å². The average Bonchev–Trinajstić information content (AvgIpc) is 2.75. The number of nitrogens with one attached hydrogen (secondary N) is 2. The van der Waals surface area contributed by atoms with E-state index in [0.717, 1.165) is 12.1 Å². The molecule has 2 aromatic carbocycles. The second-order valence-corrected chi connectivity index (χ2v) is 8.00. The van der Waals surface area contributed by atoms with Crippen LogP contribution in [0.1, 0.15) is 5.56 Å². The Labute approximate surface area is 183 Å². The van der Waals surface area contributed by atoms with Gasteiger partial charge < -0.3 is 19.5 Å². The van der Waals surface area contributed by atoms with Gasteiger partial charge in [0.05, 0.1) is 26.2 Å². The minimum Gasteiger partial charge on any atom is -0.496 e. The molecule has 0 unspecified atom stereocenters. The van der Waals surface area contributed by atoms with Gasteiger partial charge in [-0.15, -0.1) is 0 Å². The number of ether oxygens (including phenoxy) is 3. The van der Waals surface area contributed by atoms with E-state index in [9.17, 15) is 26.4 Å². The van der Waals surface area contributed by atoms with Crippen molar-refractivity contribution in [2.75, 3.05) is 33.2 Å². The fourth-order valence-electron chi connectivity index (χ4n) is 2.51. The number of alkyl halides is 3. The van der Waals surface area contributed by atoms with E-state index in [4.69, 9.17) is 14.2 Å². The van der Waals surface area contributed by atoms with Crippen molar-refractivity contribution in [1.29, 1.82) is 0 Å². The summed E-state index contributed by atoms with van der Waals surface area (Å²) < 4.78 is 77.6. The molecule has 0 aliphatic rings. The number of amides is 1. The lowest BCUT2D eigenvalue weighted by Gasteiger charge is -2.12. The van der Waals surface area contributed by atoms with Gasteiger partial charge in [-0.1, -0.05) is 0 Å². The maximum absolute atomic E-state index is 12.2. The van der Waals surface area contributed by atoms with Crippen LogP contribution in [-0.2, 0) is 14.8 Å². The minimum absolute atomic E-state index is 0.244. The third kappa shape index (κ3) is 6.89. The summed E-state index contributed by atoms with van der Waals surface area (Å²) in [4.78, 5) is 11.8. The zero-order chi connectivity index (χ0) is 23.9. The van der Waals surface area contributed by atoms with Crippen molar-refractivity contribution in [3.05, 3.63) is 48.0 Å². The molecule has 0 atom stereocenters. The van der Waals surface area contributed by atoms with Gasteiger partial charge in [0.25, 0.3) is 0 Å². The largest absolute Gasteiger partial charge is 0.496 e. The molecule has 2 N–H and O–H groups in total. The van der Waals surface area contributed by atoms with Crippen LogP contribution in [-0.4, -0.2) is 48.4 Å². The summed E-state index contributed by atoms with van der Waals surface area (Å²) in [6, 6.07) is 7.89.